The van der Waals surface area contributed by atoms with E-state index in [0.29, 0.717) is 0 Å². The molecule has 1 aromatic heterocycles. The van der Waals surface area contributed by atoms with E-state index in [-0.39, 0.29) is 0 Å². The third kappa shape index (κ3) is 0.984. The van der Waals surface area contributed by atoms with Crippen LogP contribution in [-0.4, -0.2) is 4.98 Å². The van der Waals surface area contributed by atoms with Gasteiger partial charge in [0.2, 0.25) is 0 Å². The molecule has 2 rings (SSSR count). The van der Waals surface area contributed by atoms with Gasteiger partial charge in [0.1, 0.15) is 0 Å². The smallest absolute Gasteiger partial charge is 0.0731 e. The van der Waals surface area contributed by atoms with Gasteiger partial charge in [-0.05, 0) is 18.6 Å². The number of fused-ring (bicyclic) bond motifs is 1. The van der Waals surface area contributed by atoms with Crippen LogP contribution >= 0.6 is 0 Å². The lowest BCUT2D eigenvalue weighted by molar-refractivity contribution is 1.37. The molecule has 0 spiro atoms. The molecular weight excluding hydrogens is 133 g/mol. The van der Waals surface area contributed by atoms with Gasteiger partial charge in [-0.3, -0.25) is 4.98 Å². The summed E-state index contributed by atoms with van der Waals surface area (Å²) in [6.07, 6.45) is 1.83. The second kappa shape index (κ2) is 2.35. The number of para-hydroxylation sites is 1. The van der Waals surface area contributed by atoms with E-state index in [4.69, 9.17) is 0 Å². The molecule has 1 aromatic carbocycles. The van der Waals surface area contributed by atoms with Gasteiger partial charge in [-0.15, -0.1) is 0 Å². The molecule has 0 bridgehead atoms. The maximum Gasteiger partial charge on any atom is 0.0731 e. The Bertz CT molecular complexity index is 374. The van der Waals surface area contributed by atoms with Gasteiger partial charge in [-0.2, -0.15) is 0 Å². The first kappa shape index (κ1) is 6.35. The molecule has 2 aromatic rings. The predicted octanol–water partition coefficient (Wildman–Crippen LogP) is 2.54. The lowest BCUT2D eigenvalue weighted by atomic mass is 10.00. The lowest BCUT2D eigenvalue weighted by Gasteiger charge is -1.97. The zero-order valence-electron chi connectivity index (χ0n) is 6.41. The first-order valence-corrected chi connectivity index (χ1v) is 3.68. The monoisotopic (exact) mass is 142 g/mol. The predicted molar refractivity (Wildman–Crippen MR) is 46.5 cm³/mol. The molecular formula is C10H9N. The second-order valence-electron chi connectivity index (χ2n) is 2.65. The SMILES string of the molecule is [11CH3]c1cccc2cccnc12. The molecule has 0 N–H and O–H groups in total. The molecule has 0 unspecified atom stereocenters. The minimum atomic E-state index is 1.11. The molecule has 0 amide bonds. The van der Waals surface area contributed by atoms with Crippen molar-refractivity contribution in [1.82, 2.24) is 4.98 Å². The summed E-state index contributed by atoms with van der Waals surface area (Å²) in [6.45, 7) is 2.08. The van der Waals surface area contributed by atoms with Gasteiger partial charge in [0.15, 0.2) is 0 Å². The first-order valence-electron chi connectivity index (χ1n) is 3.68. The van der Waals surface area contributed by atoms with Gasteiger partial charge in [0.25, 0.3) is 0 Å². The number of nitrogens with zero attached hydrogens (tertiary/aromatic N) is 1. The fourth-order valence-corrected chi connectivity index (χ4v) is 1.26. The first-order chi connectivity index (χ1) is 5.38. The summed E-state index contributed by atoms with van der Waals surface area (Å²) in [5.74, 6) is 0. The number of pyridine rings is 1. The summed E-state index contributed by atoms with van der Waals surface area (Å²) in [7, 11) is 0. The van der Waals surface area contributed by atoms with Crippen molar-refractivity contribution in [3.8, 4) is 0 Å². The third-order valence-corrected chi connectivity index (χ3v) is 1.83. The van der Waals surface area contributed by atoms with Gasteiger partial charge in [0, 0.05) is 11.6 Å². The van der Waals surface area contributed by atoms with Crippen LogP contribution in [0.5, 0.6) is 0 Å². The van der Waals surface area contributed by atoms with Crippen LogP contribution < -0.4 is 0 Å². The molecule has 11 heavy (non-hydrogen) atoms. The normalized spacial score (nSPS) is 10.3. The van der Waals surface area contributed by atoms with Crippen LogP contribution in [0.2, 0.25) is 0 Å². The number of hydrogen-bond donors (Lipinski definition) is 0. The van der Waals surface area contributed by atoms with Gasteiger partial charge >= 0.3 is 0 Å². The molecule has 54 valence electrons. The zero-order valence-corrected chi connectivity index (χ0v) is 6.41. The molecule has 1 heterocycles. The Balaban J connectivity index is 2.91. The van der Waals surface area contributed by atoms with Crippen molar-refractivity contribution >= 4 is 10.9 Å². The Morgan fingerprint density at radius 3 is 2.73 bits per heavy atom. The maximum absolute atomic E-state index is 4.28. The van der Waals surface area contributed by atoms with E-state index in [1.807, 2.05) is 12.3 Å². The fraction of sp³-hybridized carbons (Fsp3) is 0.100. The van der Waals surface area contributed by atoms with E-state index in [2.05, 4.69) is 36.2 Å². The Morgan fingerprint density at radius 2 is 1.91 bits per heavy atom. The van der Waals surface area contributed by atoms with E-state index in [0.717, 1.165) is 5.52 Å². The zero-order chi connectivity index (χ0) is 7.68. The van der Waals surface area contributed by atoms with Crippen molar-refractivity contribution in [2.24, 2.45) is 0 Å². The summed E-state index contributed by atoms with van der Waals surface area (Å²) in [5, 5.41) is 1.22. The largest absolute Gasteiger partial charge is 0.256 e. The van der Waals surface area contributed by atoms with Crippen LogP contribution in [0.1, 0.15) is 5.56 Å². The Morgan fingerprint density at radius 1 is 1.09 bits per heavy atom. The fourth-order valence-electron chi connectivity index (χ4n) is 1.26. The molecule has 0 saturated carbocycles. The van der Waals surface area contributed by atoms with Crippen molar-refractivity contribution in [3.05, 3.63) is 42.1 Å². The number of aryl methyl sites for hydroxylation is 1. The minimum absolute atomic E-state index is 1.11. The van der Waals surface area contributed by atoms with Gasteiger partial charge in [-0.25, -0.2) is 0 Å². The van der Waals surface area contributed by atoms with Gasteiger partial charge < -0.3 is 0 Å². The molecule has 1 heteroatoms. The van der Waals surface area contributed by atoms with Crippen LogP contribution in [0.4, 0.5) is 0 Å². The summed E-state index contributed by atoms with van der Waals surface area (Å²) >= 11 is 0. The Labute approximate surface area is 65.7 Å². The molecule has 0 fully saturated rings. The number of hydrogen-bond acceptors (Lipinski definition) is 1. The van der Waals surface area contributed by atoms with Crippen LogP contribution in [0.3, 0.4) is 0 Å². The van der Waals surface area contributed by atoms with E-state index in [1.54, 1.807) is 0 Å². The molecule has 0 atom stereocenters. The van der Waals surface area contributed by atoms with E-state index < -0.39 is 0 Å². The quantitative estimate of drug-likeness (QED) is 0.550. The standard InChI is InChI=1S/C10H9N/c1-8-4-2-5-9-6-3-7-11-10(8)9/h2-7H,1H3/i1-1. The average Bonchev–Trinajstić information content (AvgIpc) is 2.06. The highest BCUT2D eigenvalue weighted by atomic mass is 14.6. The summed E-state index contributed by atoms with van der Waals surface area (Å²) in [5.41, 5.74) is 2.35. The van der Waals surface area contributed by atoms with E-state index >= 15 is 0 Å². The second-order valence-corrected chi connectivity index (χ2v) is 2.65. The maximum atomic E-state index is 4.28. The molecule has 0 aliphatic rings. The highest BCUT2D eigenvalue weighted by molar-refractivity contribution is 5.81. The minimum Gasteiger partial charge on any atom is -0.256 e. The highest BCUT2D eigenvalue weighted by Gasteiger charge is 1.93. The van der Waals surface area contributed by atoms with E-state index in [1.165, 1.54) is 10.9 Å². The van der Waals surface area contributed by atoms with Crippen LogP contribution in [0, 0.1) is 6.92 Å². The third-order valence-electron chi connectivity index (χ3n) is 1.83. The number of rotatable bonds is 0. The average molecular weight is 142 g/mol. The molecule has 0 radical (unpaired) electrons. The number of benzene rings is 1. The van der Waals surface area contributed by atoms with Crippen molar-refractivity contribution in [1.29, 1.82) is 0 Å². The van der Waals surface area contributed by atoms with Crippen LogP contribution in [-0.2, 0) is 0 Å². The molecule has 0 saturated heterocycles. The summed E-state index contributed by atoms with van der Waals surface area (Å²) in [4.78, 5) is 4.28. The van der Waals surface area contributed by atoms with Crippen molar-refractivity contribution < 1.29 is 0 Å². The topological polar surface area (TPSA) is 12.9 Å². The Kier molecular flexibility index (Phi) is 1.35. The van der Waals surface area contributed by atoms with Crippen molar-refractivity contribution in [2.45, 2.75) is 6.92 Å². The van der Waals surface area contributed by atoms with Crippen LogP contribution in [0.15, 0.2) is 36.5 Å². The summed E-state index contributed by atoms with van der Waals surface area (Å²) < 4.78 is 0. The Hall–Kier alpha value is -1.37. The molecule has 0 aliphatic carbocycles. The highest BCUT2D eigenvalue weighted by Crippen LogP contribution is 2.13. The van der Waals surface area contributed by atoms with Gasteiger partial charge in [0.05, 0.1) is 5.52 Å². The molecule has 1 nitrogen and oxygen atoms in total. The molecule has 0 aliphatic heterocycles. The van der Waals surface area contributed by atoms with E-state index in [9.17, 15) is 0 Å². The number of aromatic nitrogens is 1. The van der Waals surface area contributed by atoms with Crippen LogP contribution in [0.25, 0.3) is 10.9 Å². The van der Waals surface area contributed by atoms with Crippen molar-refractivity contribution in [3.63, 3.8) is 0 Å². The lowest BCUT2D eigenvalue weighted by Crippen LogP contribution is -1.80. The van der Waals surface area contributed by atoms with Crippen molar-refractivity contribution in [2.75, 3.05) is 0 Å². The van der Waals surface area contributed by atoms with Gasteiger partial charge in [-0.1, -0.05) is 24.3 Å². The summed E-state index contributed by atoms with van der Waals surface area (Å²) in [6, 6.07) is 10.3.